The molecule has 112 valence electrons. The monoisotopic (exact) mass is 282 g/mol. The lowest BCUT2D eigenvalue weighted by molar-refractivity contribution is -0.137. The van der Waals surface area contributed by atoms with Crippen molar-refractivity contribution in [3.63, 3.8) is 0 Å². The number of nitrogens with zero attached hydrogens (tertiary/aromatic N) is 2. The minimum Gasteiger partial charge on any atom is -0.481 e. The van der Waals surface area contributed by atoms with E-state index in [9.17, 15) is 4.79 Å². The normalized spacial score (nSPS) is 18.6. The lowest BCUT2D eigenvalue weighted by Crippen LogP contribution is -2.30. The molecule has 20 heavy (non-hydrogen) atoms. The fourth-order valence-electron chi connectivity index (χ4n) is 2.76. The van der Waals surface area contributed by atoms with Crippen molar-refractivity contribution < 1.29 is 19.2 Å². The second kappa shape index (κ2) is 6.83. The minimum atomic E-state index is -0.862. The average molecular weight is 282 g/mol. The third kappa shape index (κ3) is 3.56. The number of carboxylic acids is 1. The van der Waals surface area contributed by atoms with Gasteiger partial charge in [0, 0.05) is 13.0 Å². The Morgan fingerprint density at radius 1 is 1.35 bits per heavy atom. The third-order valence-corrected chi connectivity index (χ3v) is 3.76. The van der Waals surface area contributed by atoms with E-state index in [1.807, 2.05) is 6.92 Å². The van der Waals surface area contributed by atoms with Crippen LogP contribution in [-0.2, 0) is 21.6 Å². The smallest absolute Gasteiger partial charge is 0.303 e. The maximum absolute atomic E-state index is 10.6. The summed E-state index contributed by atoms with van der Waals surface area (Å²) in [6.07, 6.45) is 6.68. The molecule has 0 saturated heterocycles. The molecule has 6 nitrogen and oxygen atoms in total. The molecule has 0 spiro atoms. The van der Waals surface area contributed by atoms with E-state index in [4.69, 9.17) is 14.4 Å². The molecule has 1 N–H and O–H groups in total. The van der Waals surface area contributed by atoms with E-state index in [1.165, 1.54) is 12.8 Å². The summed E-state index contributed by atoms with van der Waals surface area (Å²) in [6, 6.07) is 0. The highest BCUT2D eigenvalue weighted by Gasteiger charge is 2.38. The first kappa shape index (κ1) is 15.0. The first-order chi connectivity index (χ1) is 9.66. The van der Waals surface area contributed by atoms with Crippen molar-refractivity contribution in [3.05, 3.63) is 11.7 Å². The SMILES string of the molecule is CCOC1(c2noc(CCC(=O)O)n2)CCCCCC1. The Morgan fingerprint density at radius 3 is 2.65 bits per heavy atom. The summed E-state index contributed by atoms with van der Waals surface area (Å²) in [5.74, 6) is 0.103. The van der Waals surface area contributed by atoms with Crippen LogP contribution in [0.5, 0.6) is 0 Å². The predicted octanol–water partition coefficient (Wildman–Crippen LogP) is 2.67. The molecule has 2 rings (SSSR count). The van der Waals surface area contributed by atoms with Gasteiger partial charge in [-0.05, 0) is 19.8 Å². The molecule has 1 heterocycles. The highest BCUT2D eigenvalue weighted by atomic mass is 16.5. The van der Waals surface area contributed by atoms with Crippen molar-refractivity contribution in [2.24, 2.45) is 0 Å². The Hall–Kier alpha value is -1.43. The lowest BCUT2D eigenvalue weighted by Gasteiger charge is -2.29. The molecule has 0 aromatic carbocycles. The van der Waals surface area contributed by atoms with Gasteiger partial charge >= 0.3 is 5.97 Å². The molecule has 0 amide bonds. The maximum Gasteiger partial charge on any atom is 0.303 e. The molecular weight excluding hydrogens is 260 g/mol. The van der Waals surface area contributed by atoms with E-state index in [0.29, 0.717) is 18.3 Å². The Labute approximate surface area is 118 Å². The molecule has 1 fully saturated rings. The standard InChI is InChI=1S/C14H22N2O4/c1-2-19-14(9-5-3-4-6-10-14)13-15-11(20-16-13)7-8-12(17)18/h2-10H2,1H3,(H,17,18). The molecule has 1 aliphatic rings. The number of ether oxygens (including phenoxy) is 1. The van der Waals surface area contributed by atoms with Gasteiger partial charge in [0.05, 0.1) is 6.42 Å². The van der Waals surface area contributed by atoms with E-state index in [2.05, 4.69) is 10.1 Å². The Kier molecular flexibility index (Phi) is 5.11. The van der Waals surface area contributed by atoms with Crippen LogP contribution in [0.15, 0.2) is 4.52 Å². The summed E-state index contributed by atoms with van der Waals surface area (Å²) in [5, 5.41) is 12.7. The Morgan fingerprint density at radius 2 is 2.05 bits per heavy atom. The first-order valence-corrected chi connectivity index (χ1v) is 7.35. The Balaban J connectivity index is 2.14. The number of rotatable bonds is 6. The van der Waals surface area contributed by atoms with Gasteiger partial charge in [0.25, 0.3) is 0 Å². The fourth-order valence-corrected chi connectivity index (χ4v) is 2.76. The van der Waals surface area contributed by atoms with Gasteiger partial charge in [-0.25, -0.2) is 0 Å². The lowest BCUT2D eigenvalue weighted by atomic mass is 9.93. The number of hydrogen-bond acceptors (Lipinski definition) is 5. The maximum atomic E-state index is 10.6. The summed E-state index contributed by atoms with van der Waals surface area (Å²) in [7, 11) is 0. The molecule has 6 heteroatoms. The fraction of sp³-hybridized carbons (Fsp3) is 0.786. The van der Waals surface area contributed by atoms with Gasteiger partial charge < -0.3 is 14.4 Å². The van der Waals surface area contributed by atoms with Crippen molar-refractivity contribution in [2.75, 3.05) is 6.61 Å². The molecule has 1 aliphatic carbocycles. The van der Waals surface area contributed by atoms with Crippen molar-refractivity contribution in [1.29, 1.82) is 0 Å². The van der Waals surface area contributed by atoms with Crippen LogP contribution in [0.25, 0.3) is 0 Å². The molecule has 1 aromatic heterocycles. The molecule has 1 aromatic rings. The zero-order valence-corrected chi connectivity index (χ0v) is 11.9. The largest absolute Gasteiger partial charge is 0.481 e. The molecule has 0 atom stereocenters. The van der Waals surface area contributed by atoms with Crippen molar-refractivity contribution in [1.82, 2.24) is 10.1 Å². The van der Waals surface area contributed by atoms with E-state index >= 15 is 0 Å². The van der Waals surface area contributed by atoms with E-state index in [1.54, 1.807) is 0 Å². The Bertz CT molecular complexity index is 436. The van der Waals surface area contributed by atoms with Crippen LogP contribution < -0.4 is 0 Å². The number of carboxylic acid groups (broad SMARTS) is 1. The molecule has 0 unspecified atom stereocenters. The van der Waals surface area contributed by atoms with Crippen molar-refractivity contribution >= 4 is 5.97 Å². The summed E-state index contributed by atoms with van der Waals surface area (Å²) < 4.78 is 11.2. The summed E-state index contributed by atoms with van der Waals surface area (Å²) in [5.41, 5.74) is -0.448. The molecule has 0 aliphatic heterocycles. The predicted molar refractivity (Wildman–Crippen MR) is 71.3 cm³/mol. The van der Waals surface area contributed by atoms with Crippen LogP contribution in [0, 0.1) is 0 Å². The minimum absolute atomic E-state index is 0.00324. The van der Waals surface area contributed by atoms with Crippen LogP contribution in [0.4, 0.5) is 0 Å². The quantitative estimate of drug-likeness (QED) is 0.807. The van der Waals surface area contributed by atoms with Crippen molar-refractivity contribution in [3.8, 4) is 0 Å². The number of aryl methyl sites for hydroxylation is 1. The number of hydrogen-bond donors (Lipinski definition) is 1. The molecule has 1 saturated carbocycles. The summed E-state index contributed by atoms with van der Waals surface area (Å²) in [6.45, 7) is 2.58. The van der Waals surface area contributed by atoms with Crippen LogP contribution in [0.1, 0.15) is 63.6 Å². The third-order valence-electron chi connectivity index (χ3n) is 3.76. The van der Waals surface area contributed by atoms with Gasteiger partial charge in [0.2, 0.25) is 11.7 Å². The van der Waals surface area contributed by atoms with Gasteiger partial charge in [-0.15, -0.1) is 0 Å². The van der Waals surface area contributed by atoms with Crippen LogP contribution in [-0.4, -0.2) is 27.8 Å². The second-order valence-electron chi connectivity index (χ2n) is 5.25. The average Bonchev–Trinajstić information content (AvgIpc) is 2.78. The van der Waals surface area contributed by atoms with Crippen LogP contribution >= 0.6 is 0 Å². The molecule has 0 bridgehead atoms. The van der Waals surface area contributed by atoms with E-state index in [-0.39, 0.29) is 12.8 Å². The second-order valence-corrected chi connectivity index (χ2v) is 5.25. The van der Waals surface area contributed by atoms with Crippen molar-refractivity contribution in [2.45, 2.75) is 63.9 Å². The zero-order valence-electron chi connectivity index (χ0n) is 11.9. The zero-order chi connectivity index (χ0) is 14.4. The van der Waals surface area contributed by atoms with Gasteiger partial charge in [-0.1, -0.05) is 30.8 Å². The summed E-state index contributed by atoms with van der Waals surface area (Å²) >= 11 is 0. The van der Waals surface area contributed by atoms with Gasteiger partial charge in [-0.2, -0.15) is 4.98 Å². The highest BCUT2D eigenvalue weighted by Crippen LogP contribution is 2.38. The molecular formula is C14H22N2O4. The number of carbonyl (C=O) groups is 1. The highest BCUT2D eigenvalue weighted by molar-refractivity contribution is 5.66. The van der Waals surface area contributed by atoms with E-state index in [0.717, 1.165) is 25.7 Å². The van der Waals surface area contributed by atoms with Gasteiger partial charge in [-0.3, -0.25) is 4.79 Å². The van der Waals surface area contributed by atoms with Crippen LogP contribution in [0.3, 0.4) is 0 Å². The first-order valence-electron chi connectivity index (χ1n) is 7.35. The van der Waals surface area contributed by atoms with Gasteiger partial charge in [0.15, 0.2) is 0 Å². The number of aliphatic carboxylic acids is 1. The van der Waals surface area contributed by atoms with Crippen LogP contribution in [0.2, 0.25) is 0 Å². The summed E-state index contributed by atoms with van der Waals surface area (Å²) in [4.78, 5) is 14.9. The molecule has 0 radical (unpaired) electrons. The van der Waals surface area contributed by atoms with E-state index < -0.39 is 11.6 Å². The van der Waals surface area contributed by atoms with Gasteiger partial charge in [0.1, 0.15) is 5.60 Å². The topological polar surface area (TPSA) is 85.5 Å². The number of aromatic nitrogens is 2.